The molecule has 0 atom stereocenters. The molecule has 0 bridgehead atoms. The zero-order valence-corrected chi connectivity index (χ0v) is 13.2. The summed E-state index contributed by atoms with van der Waals surface area (Å²) in [5.41, 5.74) is 8.60. The van der Waals surface area contributed by atoms with Crippen LogP contribution in [-0.4, -0.2) is 21.3 Å². The van der Waals surface area contributed by atoms with Gasteiger partial charge in [-0.2, -0.15) is 0 Å². The molecule has 4 rings (SSSR count). The highest BCUT2D eigenvalue weighted by molar-refractivity contribution is 7.80. The van der Waals surface area contributed by atoms with Crippen molar-refractivity contribution in [3.63, 3.8) is 0 Å². The first kappa shape index (κ1) is 14.0. The van der Waals surface area contributed by atoms with Gasteiger partial charge < -0.3 is 19.8 Å². The molecule has 2 N–H and O–H groups in total. The van der Waals surface area contributed by atoms with Crippen LogP contribution in [0.1, 0.15) is 6.42 Å². The van der Waals surface area contributed by atoms with Gasteiger partial charge in [-0.1, -0.05) is 42.5 Å². The van der Waals surface area contributed by atoms with Crippen LogP contribution >= 0.6 is 12.2 Å². The van der Waals surface area contributed by atoms with Crippen molar-refractivity contribution in [2.75, 3.05) is 6.79 Å². The number of hydrogen-bond donors (Lipinski definition) is 1. The monoisotopic (exact) mass is 325 g/mol. The first-order chi connectivity index (χ1) is 11.2. The van der Waals surface area contributed by atoms with Crippen LogP contribution in [0.4, 0.5) is 0 Å². The van der Waals surface area contributed by atoms with Crippen LogP contribution < -0.4 is 15.2 Å². The van der Waals surface area contributed by atoms with Crippen molar-refractivity contribution < 1.29 is 9.47 Å². The van der Waals surface area contributed by atoms with E-state index in [1.807, 2.05) is 42.5 Å². The second kappa shape index (κ2) is 5.55. The molecule has 1 aromatic heterocycles. The van der Waals surface area contributed by atoms with Gasteiger partial charge in [0.1, 0.15) is 5.82 Å². The molecule has 0 saturated heterocycles. The minimum atomic E-state index is 0.250. The van der Waals surface area contributed by atoms with Crippen LogP contribution in [0.25, 0.3) is 22.4 Å². The number of benzene rings is 2. The van der Waals surface area contributed by atoms with E-state index in [2.05, 4.69) is 4.57 Å². The second-order valence-corrected chi connectivity index (χ2v) is 5.89. The summed E-state index contributed by atoms with van der Waals surface area (Å²) in [7, 11) is 0. The van der Waals surface area contributed by atoms with Crippen molar-refractivity contribution in [2.45, 2.75) is 13.0 Å². The van der Waals surface area contributed by atoms with Gasteiger partial charge in [0, 0.05) is 30.7 Å². The maximum Gasteiger partial charge on any atom is 0.231 e. The summed E-state index contributed by atoms with van der Waals surface area (Å²) in [5, 5.41) is 0. The molecule has 0 amide bonds. The van der Waals surface area contributed by atoms with E-state index in [0.717, 1.165) is 33.9 Å². The molecule has 6 heteroatoms. The van der Waals surface area contributed by atoms with E-state index in [9.17, 15) is 0 Å². The molecule has 0 unspecified atom stereocenters. The van der Waals surface area contributed by atoms with E-state index in [0.29, 0.717) is 18.0 Å². The van der Waals surface area contributed by atoms with Gasteiger partial charge in [-0.25, -0.2) is 4.98 Å². The number of thiocarbonyl (C=S) groups is 1. The van der Waals surface area contributed by atoms with E-state index in [1.165, 1.54) is 0 Å². The van der Waals surface area contributed by atoms with Gasteiger partial charge in [-0.05, 0) is 0 Å². The number of ether oxygens (including phenoxy) is 2. The second-order valence-electron chi connectivity index (χ2n) is 5.36. The van der Waals surface area contributed by atoms with E-state index in [1.54, 1.807) is 0 Å². The third kappa shape index (κ3) is 2.51. The van der Waals surface area contributed by atoms with Gasteiger partial charge >= 0.3 is 0 Å². The maximum atomic E-state index is 5.69. The molecule has 5 nitrogen and oxygen atoms in total. The van der Waals surface area contributed by atoms with Crippen molar-refractivity contribution in [1.82, 2.24) is 9.55 Å². The quantitative estimate of drug-likeness (QED) is 0.747. The molecular weight excluding hydrogens is 310 g/mol. The maximum absolute atomic E-state index is 5.69. The largest absolute Gasteiger partial charge is 0.454 e. The molecule has 116 valence electrons. The predicted molar refractivity (Wildman–Crippen MR) is 92.7 cm³/mol. The van der Waals surface area contributed by atoms with Gasteiger partial charge in [0.15, 0.2) is 11.5 Å². The fraction of sp³-hybridized carbons (Fsp3) is 0.176. The Balaban J connectivity index is 1.90. The molecule has 1 aliphatic rings. The van der Waals surface area contributed by atoms with Crippen LogP contribution in [0.3, 0.4) is 0 Å². The number of imidazole rings is 1. The van der Waals surface area contributed by atoms with Crippen molar-refractivity contribution in [3.8, 4) is 22.9 Å². The Bertz CT molecular complexity index is 890. The summed E-state index contributed by atoms with van der Waals surface area (Å²) in [6.45, 7) is 0.927. The Morgan fingerprint density at radius 1 is 1.17 bits per heavy atom. The van der Waals surface area contributed by atoms with E-state index in [4.69, 9.17) is 32.4 Å². The molecule has 0 fully saturated rings. The highest BCUT2D eigenvalue weighted by Gasteiger charge is 2.19. The number of rotatable bonds is 4. The Hall–Kier alpha value is -2.60. The number of nitrogens with zero attached hydrogens (tertiary/aromatic N) is 2. The summed E-state index contributed by atoms with van der Waals surface area (Å²) in [4.78, 5) is 5.27. The molecule has 23 heavy (non-hydrogen) atoms. The topological polar surface area (TPSA) is 62.3 Å². The summed E-state index contributed by atoms with van der Waals surface area (Å²) in [5.74, 6) is 2.37. The standard InChI is InChI=1S/C17H15N3O2S/c18-16(23)6-7-20-13-9-15-14(21-10-22-15)8-12(13)19-17(20)11-4-2-1-3-5-11/h1-5,8-9H,6-7,10H2,(H2,18,23). The van der Waals surface area contributed by atoms with Gasteiger partial charge in [0.25, 0.3) is 0 Å². The molecular formula is C17H15N3O2S. The molecule has 2 aromatic carbocycles. The van der Waals surface area contributed by atoms with Crippen LogP contribution in [0.5, 0.6) is 11.5 Å². The lowest BCUT2D eigenvalue weighted by atomic mass is 10.2. The third-order valence-electron chi connectivity index (χ3n) is 3.86. The van der Waals surface area contributed by atoms with Gasteiger partial charge in [-0.15, -0.1) is 0 Å². The summed E-state index contributed by atoms with van der Waals surface area (Å²) in [6.07, 6.45) is 0.620. The average Bonchev–Trinajstić information content (AvgIpc) is 3.15. The Morgan fingerprint density at radius 3 is 2.65 bits per heavy atom. The normalized spacial score (nSPS) is 12.7. The zero-order chi connectivity index (χ0) is 15.8. The molecule has 0 radical (unpaired) electrons. The minimum Gasteiger partial charge on any atom is -0.454 e. The minimum absolute atomic E-state index is 0.250. The lowest BCUT2D eigenvalue weighted by Crippen LogP contribution is -2.12. The van der Waals surface area contributed by atoms with Crippen molar-refractivity contribution in [2.24, 2.45) is 5.73 Å². The number of aromatic nitrogens is 2. The lowest BCUT2D eigenvalue weighted by molar-refractivity contribution is 0.174. The molecule has 3 aromatic rings. The number of aryl methyl sites for hydroxylation is 1. The molecule has 0 spiro atoms. The third-order valence-corrected chi connectivity index (χ3v) is 4.06. The van der Waals surface area contributed by atoms with E-state index in [-0.39, 0.29) is 6.79 Å². The first-order valence-corrected chi connectivity index (χ1v) is 7.77. The van der Waals surface area contributed by atoms with Crippen molar-refractivity contribution in [1.29, 1.82) is 0 Å². The fourth-order valence-corrected chi connectivity index (χ4v) is 2.86. The predicted octanol–water partition coefficient (Wildman–Crippen LogP) is 3.11. The Kier molecular flexibility index (Phi) is 3.38. The molecule has 1 aliphatic heterocycles. The van der Waals surface area contributed by atoms with Crippen LogP contribution in [0, 0.1) is 0 Å². The molecule has 2 heterocycles. The van der Waals surface area contributed by atoms with Crippen LogP contribution in [0.2, 0.25) is 0 Å². The number of fused-ring (bicyclic) bond motifs is 2. The van der Waals surface area contributed by atoms with Gasteiger partial charge in [0.05, 0.1) is 16.0 Å². The van der Waals surface area contributed by atoms with Gasteiger partial charge in [0.2, 0.25) is 6.79 Å². The molecule has 0 saturated carbocycles. The van der Waals surface area contributed by atoms with Gasteiger partial charge in [-0.3, -0.25) is 0 Å². The van der Waals surface area contributed by atoms with E-state index >= 15 is 0 Å². The van der Waals surface area contributed by atoms with Crippen LogP contribution in [-0.2, 0) is 6.54 Å². The smallest absolute Gasteiger partial charge is 0.231 e. The van der Waals surface area contributed by atoms with E-state index < -0.39 is 0 Å². The summed E-state index contributed by atoms with van der Waals surface area (Å²) >= 11 is 5.03. The SMILES string of the molecule is NC(=S)CCn1c(-c2ccccc2)nc2cc3c(cc21)OCO3. The average molecular weight is 325 g/mol. The Morgan fingerprint density at radius 2 is 1.91 bits per heavy atom. The molecule has 0 aliphatic carbocycles. The lowest BCUT2D eigenvalue weighted by Gasteiger charge is -2.09. The highest BCUT2D eigenvalue weighted by Crippen LogP contribution is 2.37. The van der Waals surface area contributed by atoms with Crippen molar-refractivity contribution in [3.05, 3.63) is 42.5 Å². The number of hydrogen-bond acceptors (Lipinski definition) is 4. The van der Waals surface area contributed by atoms with Crippen molar-refractivity contribution >= 4 is 28.2 Å². The Labute approximate surface area is 138 Å². The van der Waals surface area contributed by atoms with Crippen LogP contribution in [0.15, 0.2) is 42.5 Å². The zero-order valence-electron chi connectivity index (χ0n) is 12.4. The number of nitrogens with two attached hydrogens (primary N) is 1. The first-order valence-electron chi connectivity index (χ1n) is 7.36. The highest BCUT2D eigenvalue weighted by atomic mass is 32.1. The fourth-order valence-electron chi connectivity index (χ4n) is 2.77. The summed E-state index contributed by atoms with van der Waals surface area (Å²) in [6, 6.07) is 14.0. The summed E-state index contributed by atoms with van der Waals surface area (Å²) < 4.78 is 13.1.